The van der Waals surface area contributed by atoms with E-state index in [0.717, 1.165) is 9.08 Å². The third kappa shape index (κ3) is 2.98. The molecule has 4 nitrogen and oxygen atoms in total. The highest BCUT2D eigenvalue weighted by molar-refractivity contribution is 9.13. The van der Waals surface area contributed by atoms with Crippen molar-refractivity contribution in [3.63, 3.8) is 0 Å². The molecule has 0 radical (unpaired) electrons. The van der Waals surface area contributed by atoms with Gasteiger partial charge in [0.05, 0.1) is 24.8 Å². The van der Waals surface area contributed by atoms with Crippen molar-refractivity contribution >= 4 is 72.3 Å². The minimum absolute atomic E-state index is 0.282. The lowest BCUT2D eigenvalue weighted by molar-refractivity contribution is 0.101. The zero-order valence-corrected chi connectivity index (χ0v) is 14.9. The highest BCUT2D eigenvalue weighted by Gasteiger charge is 2.16. The molecule has 20 heavy (non-hydrogen) atoms. The van der Waals surface area contributed by atoms with Gasteiger partial charge in [-0.3, -0.25) is 4.79 Å². The van der Waals surface area contributed by atoms with Crippen molar-refractivity contribution in [2.75, 3.05) is 11.1 Å². The molecule has 3 N–H and O–H groups in total. The van der Waals surface area contributed by atoms with Gasteiger partial charge < -0.3 is 15.6 Å². The minimum atomic E-state index is -0.282. The summed E-state index contributed by atoms with van der Waals surface area (Å²) in [6.07, 6.45) is 0. The highest BCUT2D eigenvalue weighted by atomic mass is 79.9. The maximum Gasteiger partial charge on any atom is 0.272 e. The second kappa shape index (κ2) is 5.97. The van der Waals surface area contributed by atoms with Gasteiger partial charge in [0.1, 0.15) is 5.69 Å². The van der Waals surface area contributed by atoms with Gasteiger partial charge in [-0.05, 0) is 50.1 Å². The van der Waals surface area contributed by atoms with E-state index in [-0.39, 0.29) is 11.6 Å². The van der Waals surface area contributed by atoms with Gasteiger partial charge in [0.2, 0.25) is 0 Å². The molecule has 2 rings (SSSR count). The number of halogens is 4. The lowest BCUT2D eigenvalue weighted by atomic mass is 10.2. The SMILES string of the molecule is Cn1c(C(=O)Nc2cc(Cl)c(N)c(Cl)c2)cc(Br)c1Br. The summed E-state index contributed by atoms with van der Waals surface area (Å²) in [5, 5.41) is 3.31. The largest absolute Gasteiger partial charge is 0.396 e. The lowest BCUT2D eigenvalue weighted by Gasteiger charge is -2.09. The number of aromatic nitrogens is 1. The molecule has 0 aliphatic rings. The van der Waals surface area contributed by atoms with Crippen molar-refractivity contribution in [1.29, 1.82) is 0 Å². The van der Waals surface area contributed by atoms with Crippen LogP contribution in [0.4, 0.5) is 11.4 Å². The summed E-state index contributed by atoms with van der Waals surface area (Å²) < 4.78 is 3.27. The van der Waals surface area contributed by atoms with Crippen molar-refractivity contribution in [2.45, 2.75) is 0 Å². The molecule has 0 bridgehead atoms. The summed E-state index contributed by atoms with van der Waals surface area (Å²) in [6, 6.07) is 4.81. The quantitative estimate of drug-likeness (QED) is 0.664. The van der Waals surface area contributed by atoms with Crippen LogP contribution in [-0.4, -0.2) is 10.5 Å². The van der Waals surface area contributed by atoms with Crippen LogP contribution in [0.15, 0.2) is 27.3 Å². The van der Waals surface area contributed by atoms with Crippen LogP contribution in [-0.2, 0) is 7.05 Å². The van der Waals surface area contributed by atoms with Crippen LogP contribution in [0, 0.1) is 0 Å². The molecule has 0 unspecified atom stereocenters. The number of carbonyl (C=O) groups is 1. The predicted octanol–water partition coefficient (Wildman–Crippen LogP) is 4.69. The Balaban J connectivity index is 2.30. The Bertz CT molecular complexity index is 677. The molecule has 0 aliphatic carbocycles. The topological polar surface area (TPSA) is 60.0 Å². The van der Waals surface area contributed by atoms with Gasteiger partial charge in [0.15, 0.2) is 0 Å². The number of anilines is 2. The van der Waals surface area contributed by atoms with E-state index in [1.54, 1.807) is 29.8 Å². The van der Waals surface area contributed by atoms with Gasteiger partial charge in [0.25, 0.3) is 5.91 Å². The smallest absolute Gasteiger partial charge is 0.272 e. The molecule has 0 fully saturated rings. The van der Waals surface area contributed by atoms with Gasteiger partial charge in [-0.25, -0.2) is 0 Å². The van der Waals surface area contributed by atoms with E-state index in [9.17, 15) is 4.79 Å². The fourth-order valence-corrected chi connectivity index (χ4v) is 2.89. The molecular weight excluding hydrogens is 433 g/mol. The number of hydrogen-bond donors (Lipinski definition) is 2. The number of carbonyl (C=O) groups excluding carboxylic acids is 1. The summed E-state index contributed by atoms with van der Waals surface area (Å²) in [7, 11) is 1.77. The monoisotopic (exact) mass is 439 g/mol. The molecule has 1 amide bonds. The molecule has 0 saturated heterocycles. The number of amides is 1. The van der Waals surface area contributed by atoms with Gasteiger partial charge >= 0.3 is 0 Å². The number of nitrogens with zero attached hydrogens (tertiary/aromatic N) is 1. The second-order valence-corrected chi connectivity index (χ2v) is 6.45. The number of nitrogens with two attached hydrogens (primary N) is 1. The maximum absolute atomic E-state index is 12.2. The average Bonchev–Trinajstić information content (AvgIpc) is 2.63. The first kappa shape index (κ1) is 15.7. The molecule has 0 saturated carbocycles. The number of benzene rings is 1. The number of rotatable bonds is 2. The minimum Gasteiger partial charge on any atom is -0.396 e. The molecule has 1 aromatic carbocycles. The molecule has 0 aliphatic heterocycles. The van der Waals surface area contributed by atoms with Crippen molar-refractivity contribution < 1.29 is 4.79 Å². The molecule has 1 aromatic heterocycles. The van der Waals surface area contributed by atoms with Crippen LogP contribution in [0.3, 0.4) is 0 Å². The van der Waals surface area contributed by atoms with Gasteiger partial charge in [-0.1, -0.05) is 23.2 Å². The lowest BCUT2D eigenvalue weighted by Crippen LogP contribution is -2.15. The first-order valence-electron chi connectivity index (χ1n) is 5.38. The van der Waals surface area contributed by atoms with Crippen molar-refractivity contribution in [2.24, 2.45) is 7.05 Å². The Morgan fingerprint density at radius 2 is 1.80 bits per heavy atom. The van der Waals surface area contributed by atoms with Gasteiger partial charge in [-0.15, -0.1) is 0 Å². The van der Waals surface area contributed by atoms with Crippen LogP contribution >= 0.6 is 55.1 Å². The second-order valence-electron chi connectivity index (χ2n) is 4.04. The molecule has 106 valence electrons. The number of hydrogen-bond acceptors (Lipinski definition) is 2. The van der Waals surface area contributed by atoms with Crippen LogP contribution < -0.4 is 11.1 Å². The normalized spacial score (nSPS) is 10.7. The Hall–Kier alpha value is -0.690. The third-order valence-electron chi connectivity index (χ3n) is 2.69. The number of nitrogens with one attached hydrogen (secondary N) is 1. The average molecular weight is 442 g/mol. The van der Waals surface area contributed by atoms with E-state index in [4.69, 9.17) is 28.9 Å². The van der Waals surface area contributed by atoms with Crippen molar-refractivity contribution in [3.8, 4) is 0 Å². The highest BCUT2D eigenvalue weighted by Crippen LogP contribution is 2.32. The molecule has 1 heterocycles. The van der Waals surface area contributed by atoms with E-state index >= 15 is 0 Å². The van der Waals surface area contributed by atoms with Crippen LogP contribution in [0.25, 0.3) is 0 Å². The van der Waals surface area contributed by atoms with E-state index in [1.807, 2.05) is 0 Å². The Morgan fingerprint density at radius 1 is 1.25 bits per heavy atom. The van der Waals surface area contributed by atoms with Gasteiger partial charge in [0, 0.05) is 12.7 Å². The van der Waals surface area contributed by atoms with Crippen LogP contribution in [0.2, 0.25) is 10.0 Å². The van der Waals surface area contributed by atoms with E-state index in [1.165, 1.54) is 0 Å². The number of nitrogen functional groups attached to an aromatic ring is 1. The zero-order valence-electron chi connectivity index (χ0n) is 10.2. The maximum atomic E-state index is 12.2. The Morgan fingerprint density at radius 3 is 2.25 bits per heavy atom. The third-order valence-corrected chi connectivity index (χ3v) is 5.41. The van der Waals surface area contributed by atoms with Crippen LogP contribution in [0.5, 0.6) is 0 Å². The molecular formula is C12H9Br2Cl2N3O. The zero-order chi connectivity index (χ0) is 15.0. The fourth-order valence-electron chi connectivity index (χ4n) is 1.61. The summed E-state index contributed by atoms with van der Waals surface area (Å²) in [5.41, 5.74) is 6.89. The standard InChI is InChI=1S/C12H9Br2Cl2N3O/c1-19-9(4-6(13)11(19)14)12(20)18-5-2-7(15)10(17)8(16)3-5/h2-4H,17H2,1H3,(H,18,20). The molecule has 0 atom stereocenters. The predicted molar refractivity (Wildman–Crippen MR) is 89.6 cm³/mol. The van der Waals surface area contributed by atoms with Crippen molar-refractivity contribution in [3.05, 3.63) is 43.0 Å². The van der Waals surface area contributed by atoms with E-state index < -0.39 is 0 Å². The molecule has 2 aromatic rings. The first-order valence-corrected chi connectivity index (χ1v) is 7.72. The summed E-state index contributed by atoms with van der Waals surface area (Å²) in [4.78, 5) is 12.2. The molecule has 8 heteroatoms. The summed E-state index contributed by atoms with van der Waals surface area (Å²) >= 11 is 18.6. The Kier molecular flexibility index (Phi) is 4.69. The van der Waals surface area contributed by atoms with E-state index in [2.05, 4.69) is 37.2 Å². The first-order chi connectivity index (χ1) is 9.31. The van der Waals surface area contributed by atoms with Crippen molar-refractivity contribution in [1.82, 2.24) is 4.57 Å². The van der Waals surface area contributed by atoms with Crippen LogP contribution in [0.1, 0.15) is 10.5 Å². The molecule has 0 spiro atoms. The summed E-state index contributed by atoms with van der Waals surface area (Å²) in [5.74, 6) is -0.282. The Labute approximate surface area is 142 Å². The fraction of sp³-hybridized carbons (Fsp3) is 0.0833. The van der Waals surface area contributed by atoms with Gasteiger partial charge in [-0.2, -0.15) is 0 Å². The van der Waals surface area contributed by atoms with E-state index in [0.29, 0.717) is 21.4 Å². The summed E-state index contributed by atoms with van der Waals surface area (Å²) in [6.45, 7) is 0.